The molecular formula is C13H18F3N3O2S. The zero-order valence-corrected chi connectivity index (χ0v) is 13.0. The molecule has 0 spiro atoms. The summed E-state index contributed by atoms with van der Waals surface area (Å²) in [6.45, 7) is -0.185. The Morgan fingerprint density at radius 3 is 2.68 bits per heavy atom. The van der Waals surface area contributed by atoms with Crippen LogP contribution in [0.1, 0.15) is 50.0 Å². The summed E-state index contributed by atoms with van der Waals surface area (Å²) in [7, 11) is 0. The molecule has 0 unspecified atom stereocenters. The lowest BCUT2D eigenvalue weighted by Crippen LogP contribution is -2.31. The Kier molecular flexibility index (Phi) is 5.74. The maximum Gasteiger partial charge on any atom is 0.411 e. The van der Waals surface area contributed by atoms with Crippen molar-refractivity contribution in [2.24, 2.45) is 0 Å². The third-order valence-electron chi connectivity index (χ3n) is 3.49. The van der Waals surface area contributed by atoms with E-state index in [0.29, 0.717) is 11.0 Å². The van der Waals surface area contributed by atoms with Crippen LogP contribution >= 0.6 is 11.3 Å². The number of rotatable bonds is 5. The average Bonchev–Trinajstić information content (AvgIpc) is 2.93. The van der Waals surface area contributed by atoms with Gasteiger partial charge in [0.1, 0.15) is 17.7 Å². The van der Waals surface area contributed by atoms with Gasteiger partial charge in [-0.25, -0.2) is 0 Å². The number of hydrogen-bond donors (Lipinski definition) is 1. The fraction of sp³-hybridized carbons (Fsp3) is 0.769. The number of ether oxygens (including phenoxy) is 1. The molecule has 0 aromatic carbocycles. The molecular weight excluding hydrogens is 319 g/mol. The smallest absolute Gasteiger partial charge is 0.359 e. The second-order valence-corrected chi connectivity index (χ2v) is 6.35. The van der Waals surface area contributed by atoms with Gasteiger partial charge in [-0.3, -0.25) is 10.1 Å². The van der Waals surface area contributed by atoms with E-state index in [4.69, 9.17) is 0 Å². The van der Waals surface area contributed by atoms with Gasteiger partial charge in [-0.05, 0) is 19.8 Å². The SMILES string of the molecule is C[C@H](OCC(F)(F)F)C(=O)Nc1nnc(C2CCCCC2)s1. The fourth-order valence-corrected chi connectivity index (χ4v) is 3.22. The van der Waals surface area contributed by atoms with Crippen LogP contribution in [0.3, 0.4) is 0 Å². The monoisotopic (exact) mass is 337 g/mol. The molecule has 1 aromatic rings. The van der Waals surface area contributed by atoms with Crippen LogP contribution in [0, 0.1) is 0 Å². The second-order valence-electron chi connectivity index (χ2n) is 5.34. The third kappa shape index (κ3) is 5.20. The molecule has 9 heteroatoms. The van der Waals surface area contributed by atoms with E-state index in [1.54, 1.807) is 0 Å². The third-order valence-corrected chi connectivity index (χ3v) is 4.49. The molecule has 1 amide bonds. The first-order valence-corrected chi connectivity index (χ1v) is 7.99. The van der Waals surface area contributed by atoms with Crippen LogP contribution in [0.5, 0.6) is 0 Å². The molecule has 0 aliphatic heterocycles. The number of amides is 1. The van der Waals surface area contributed by atoms with Crippen LogP contribution in [0.25, 0.3) is 0 Å². The van der Waals surface area contributed by atoms with Gasteiger partial charge < -0.3 is 4.74 Å². The minimum atomic E-state index is -4.45. The van der Waals surface area contributed by atoms with Gasteiger partial charge >= 0.3 is 6.18 Å². The number of carbonyl (C=O) groups excluding carboxylic acids is 1. The number of aromatic nitrogens is 2. The predicted octanol–water partition coefficient (Wildman–Crippen LogP) is 3.49. The molecule has 1 heterocycles. The van der Waals surface area contributed by atoms with Crippen LogP contribution in [-0.2, 0) is 9.53 Å². The lowest BCUT2D eigenvalue weighted by Gasteiger charge is -2.18. The Morgan fingerprint density at radius 2 is 2.05 bits per heavy atom. The van der Waals surface area contributed by atoms with E-state index >= 15 is 0 Å². The summed E-state index contributed by atoms with van der Waals surface area (Å²) < 4.78 is 40.6. The molecule has 1 aromatic heterocycles. The van der Waals surface area contributed by atoms with Crippen molar-refractivity contribution in [1.82, 2.24) is 10.2 Å². The molecule has 0 radical (unpaired) electrons. The minimum absolute atomic E-state index is 0.299. The normalized spacial score (nSPS) is 18.2. The van der Waals surface area contributed by atoms with Gasteiger partial charge in [0.25, 0.3) is 5.91 Å². The van der Waals surface area contributed by atoms with E-state index in [2.05, 4.69) is 20.3 Å². The van der Waals surface area contributed by atoms with Crippen molar-refractivity contribution in [1.29, 1.82) is 0 Å². The highest BCUT2D eigenvalue weighted by atomic mass is 32.1. The number of anilines is 1. The number of nitrogens with zero attached hydrogens (tertiary/aromatic N) is 2. The highest BCUT2D eigenvalue weighted by molar-refractivity contribution is 7.15. The van der Waals surface area contributed by atoms with Crippen LogP contribution in [0.4, 0.5) is 18.3 Å². The zero-order chi connectivity index (χ0) is 16.2. The van der Waals surface area contributed by atoms with Gasteiger partial charge in [0.15, 0.2) is 0 Å². The molecule has 1 N–H and O–H groups in total. The topological polar surface area (TPSA) is 64.1 Å². The van der Waals surface area contributed by atoms with Gasteiger partial charge in [-0.1, -0.05) is 30.6 Å². The molecule has 1 atom stereocenters. The number of hydrogen-bond acceptors (Lipinski definition) is 5. The Bertz CT molecular complexity index is 501. The van der Waals surface area contributed by atoms with Crippen molar-refractivity contribution in [3.05, 3.63) is 5.01 Å². The van der Waals surface area contributed by atoms with Gasteiger partial charge in [0.05, 0.1) is 0 Å². The maximum atomic E-state index is 12.0. The quantitative estimate of drug-likeness (QED) is 0.893. The Morgan fingerprint density at radius 1 is 1.36 bits per heavy atom. The van der Waals surface area contributed by atoms with Crippen LogP contribution < -0.4 is 5.32 Å². The highest BCUT2D eigenvalue weighted by Crippen LogP contribution is 2.35. The van der Waals surface area contributed by atoms with Crippen molar-refractivity contribution in [3.8, 4) is 0 Å². The van der Waals surface area contributed by atoms with Gasteiger partial charge in [0, 0.05) is 5.92 Å². The number of halogens is 3. The first kappa shape index (κ1) is 17.1. The largest absolute Gasteiger partial charge is 0.411 e. The summed E-state index contributed by atoms with van der Waals surface area (Å²) in [6.07, 6.45) is 0.0195. The molecule has 22 heavy (non-hydrogen) atoms. The minimum Gasteiger partial charge on any atom is -0.359 e. The molecule has 0 saturated heterocycles. The molecule has 5 nitrogen and oxygen atoms in total. The number of nitrogens with one attached hydrogen (secondary N) is 1. The lowest BCUT2D eigenvalue weighted by atomic mass is 9.90. The van der Waals surface area contributed by atoms with E-state index < -0.39 is 24.8 Å². The summed E-state index contributed by atoms with van der Waals surface area (Å²) in [5.74, 6) is -0.286. The average molecular weight is 337 g/mol. The first-order chi connectivity index (χ1) is 10.3. The summed E-state index contributed by atoms with van der Waals surface area (Å²) in [5, 5.41) is 11.6. The van der Waals surface area contributed by atoms with E-state index in [1.165, 1.54) is 24.7 Å². The zero-order valence-electron chi connectivity index (χ0n) is 12.2. The highest BCUT2D eigenvalue weighted by Gasteiger charge is 2.30. The summed E-state index contributed by atoms with van der Waals surface area (Å²) >= 11 is 1.28. The second kappa shape index (κ2) is 7.36. The van der Waals surface area contributed by atoms with Crippen molar-refractivity contribution >= 4 is 22.4 Å². The molecule has 124 valence electrons. The van der Waals surface area contributed by atoms with Gasteiger partial charge in [-0.15, -0.1) is 10.2 Å². The molecule has 0 bridgehead atoms. The van der Waals surface area contributed by atoms with E-state index in [-0.39, 0.29) is 0 Å². The standard InChI is InChI=1S/C13H18F3N3O2S/c1-8(21-7-13(14,15)16)10(20)17-12-19-18-11(22-12)9-5-3-2-4-6-9/h8-9H,2-7H2,1H3,(H,17,19,20)/t8-/m0/s1. The first-order valence-electron chi connectivity index (χ1n) is 7.18. The van der Waals surface area contributed by atoms with E-state index in [9.17, 15) is 18.0 Å². The predicted molar refractivity (Wildman–Crippen MR) is 75.8 cm³/mol. The van der Waals surface area contributed by atoms with Gasteiger partial charge in [-0.2, -0.15) is 13.2 Å². The van der Waals surface area contributed by atoms with Crippen molar-refractivity contribution in [3.63, 3.8) is 0 Å². The summed E-state index contributed by atoms with van der Waals surface area (Å²) in [5.41, 5.74) is 0. The molecule has 1 aliphatic rings. The Balaban J connectivity index is 1.85. The number of carbonyl (C=O) groups is 1. The summed E-state index contributed by atoms with van der Waals surface area (Å²) in [6, 6.07) is 0. The van der Waals surface area contributed by atoms with Crippen LogP contribution in [0.15, 0.2) is 0 Å². The molecule has 2 rings (SSSR count). The van der Waals surface area contributed by atoms with Crippen LogP contribution in [-0.4, -0.2) is 35.0 Å². The van der Waals surface area contributed by atoms with Gasteiger partial charge in [0.2, 0.25) is 5.13 Å². The lowest BCUT2D eigenvalue weighted by molar-refractivity contribution is -0.184. The van der Waals surface area contributed by atoms with Crippen molar-refractivity contribution < 1.29 is 22.7 Å². The Labute approximate surface area is 130 Å². The van der Waals surface area contributed by atoms with Crippen molar-refractivity contribution in [2.45, 2.75) is 57.2 Å². The molecule has 1 saturated carbocycles. The number of alkyl halides is 3. The Hall–Kier alpha value is -1.22. The van der Waals surface area contributed by atoms with E-state index in [1.807, 2.05) is 0 Å². The fourth-order valence-electron chi connectivity index (χ4n) is 2.30. The molecule has 1 aliphatic carbocycles. The summed E-state index contributed by atoms with van der Waals surface area (Å²) in [4.78, 5) is 11.8. The maximum absolute atomic E-state index is 12.0. The molecule has 1 fully saturated rings. The van der Waals surface area contributed by atoms with Crippen molar-refractivity contribution in [2.75, 3.05) is 11.9 Å². The van der Waals surface area contributed by atoms with Crippen LogP contribution in [0.2, 0.25) is 0 Å². The van der Waals surface area contributed by atoms with E-state index in [0.717, 1.165) is 30.7 Å².